The van der Waals surface area contributed by atoms with Gasteiger partial charge in [-0.25, -0.2) is 0 Å². The minimum absolute atomic E-state index is 0.332. The highest BCUT2D eigenvalue weighted by atomic mass is 28.4. The summed E-state index contributed by atoms with van der Waals surface area (Å²) in [6, 6.07) is 9.21. The zero-order chi connectivity index (χ0) is 14.4. The van der Waals surface area contributed by atoms with Crippen molar-refractivity contribution in [3.63, 3.8) is 0 Å². The molecule has 0 spiro atoms. The molecule has 1 unspecified atom stereocenters. The first-order valence-electron chi connectivity index (χ1n) is 7.07. The molecule has 0 radical (unpaired) electrons. The van der Waals surface area contributed by atoms with Crippen molar-refractivity contribution in [2.24, 2.45) is 0 Å². The van der Waals surface area contributed by atoms with E-state index in [9.17, 15) is 0 Å². The topological polar surface area (TPSA) is 40.2 Å². The molecule has 1 aromatic rings. The Morgan fingerprint density at radius 1 is 1.25 bits per heavy atom. The van der Waals surface area contributed by atoms with Gasteiger partial charge < -0.3 is 18.3 Å². The lowest BCUT2D eigenvalue weighted by Crippen LogP contribution is -2.53. The summed E-state index contributed by atoms with van der Waals surface area (Å²) in [7, 11) is 1.17. The van der Waals surface area contributed by atoms with Gasteiger partial charge in [-0.3, -0.25) is 0 Å². The van der Waals surface area contributed by atoms with Gasteiger partial charge in [-0.1, -0.05) is 24.3 Å². The fourth-order valence-electron chi connectivity index (χ4n) is 2.43. The summed E-state index contributed by atoms with van der Waals surface area (Å²) in [5.41, 5.74) is 1.23. The Hall–Kier alpha value is -0.723. The van der Waals surface area contributed by atoms with E-state index in [1.54, 1.807) is 14.2 Å². The number of hydrogen-bond donors (Lipinski definition) is 0. The Bertz CT molecular complexity index is 416. The van der Waals surface area contributed by atoms with Gasteiger partial charge in [-0.2, -0.15) is 0 Å². The van der Waals surface area contributed by atoms with Crippen LogP contribution in [0.25, 0.3) is 0 Å². The smallest absolute Gasteiger partial charge is 0.372 e. The Morgan fingerprint density at radius 3 is 2.55 bits per heavy atom. The average molecular weight is 296 g/mol. The first kappa shape index (κ1) is 15.7. The van der Waals surface area contributed by atoms with Crippen molar-refractivity contribution in [1.29, 1.82) is 0 Å². The van der Waals surface area contributed by atoms with E-state index in [0.29, 0.717) is 12.7 Å². The maximum absolute atomic E-state index is 5.83. The first-order valence-corrected chi connectivity index (χ1v) is 9.10. The molecule has 1 heterocycles. The highest BCUT2D eigenvalue weighted by molar-refractivity contribution is 6.81. The second-order valence-electron chi connectivity index (χ2n) is 5.11. The molecule has 20 heavy (non-hydrogen) atoms. The van der Waals surface area contributed by atoms with Crippen molar-refractivity contribution >= 4 is 13.7 Å². The molecule has 0 aliphatic carbocycles. The molecule has 0 N–H and O–H groups in total. The van der Waals surface area contributed by atoms with Crippen molar-refractivity contribution in [3.8, 4) is 0 Å². The third kappa shape index (κ3) is 3.90. The van der Waals surface area contributed by atoms with Gasteiger partial charge in [0.15, 0.2) is 0 Å². The third-order valence-corrected chi connectivity index (χ3v) is 7.43. The number of rotatable bonds is 9. The van der Waals surface area contributed by atoms with E-state index >= 15 is 0 Å². The molecule has 0 aromatic heterocycles. The fourth-order valence-corrected chi connectivity index (χ4v) is 5.36. The lowest BCUT2D eigenvalue weighted by Gasteiger charge is -2.29. The molecule has 0 bridgehead atoms. The normalized spacial score (nSPS) is 18.2. The molecule has 0 saturated carbocycles. The lowest BCUT2D eigenvalue weighted by atomic mass is 10.2. The van der Waals surface area contributed by atoms with Crippen LogP contribution in [0.1, 0.15) is 12.0 Å². The molecule has 1 saturated heterocycles. The summed E-state index contributed by atoms with van der Waals surface area (Å²) in [6.45, 7) is 4.39. The van der Waals surface area contributed by atoms with Crippen molar-refractivity contribution < 1.29 is 18.3 Å². The summed E-state index contributed by atoms with van der Waals surface area (Å²) < 4.78 is 22.4. The minimum Gasteiger partial charge on any atom is -0.394 e. The van der Waals surface area contributed by atoms with Crippen LogP contribution in [0.2, 0.25) is 6.04 Å². The summed E-state index contributed by atoms with van der Waals surface area (Å²) in [4.78, 5) is 0. The van der Waals surface area contributed by atoms with Crippen LogP contribution in [-0.2, 0) is 18.3 Å². The molecule has 1 aliphatic heterocycles. The van der Waals surface area contributed by atoms with E-state index in [-0.39, 0.29) is 0 Å². The molecular weight excluding hydrogens is 272 g/mol. The largest absolute Gasteiger partial charge is 0.394 e. The maximum Gasteiger partial charge on any atom is 0.372 e. The van der Waals surface area contributed by atoms with E-state index < -0.39 is 8.56 Å². The minimum atomic E-state index is -2.34. The molecular formula is C15H24O4Si. The average Bonchev–Trinajstić information content (AvgIpc) is 3.29. The van der Waals surface area contributed by atoms with Gasteiger partial charge in [0.2, 0.25) is 0 Å². The molecule has 0 amide bonds. The number of aryl methyl sites for hydroxylation is 1. The molecule has 112 valence electrons. The van der Waals surface area contributed by atoms with Crippen molar-refractivity contribution in [3.05, 3.63) is 29.8 Å². The number of ether oxygens (including phenoxy) is 2. The second-order valence-corrected chi connectivity index (χ2v) is 8.47. The standard InChI is InChI=1S/C15H24O4Si/c1-13-7-4-5-8-15(13)20(16-2,17-3)10-6-9-18-11-14-12-19-14/h4-5,7-8,14H,6,9-12H2,1-3H3. The van der Waals surface area contributed by atoms with Crippen LogP contribution in [0.5, 0.6) is 0 Å². The molecule has 5 heteroatoms. The zero-order valence-electron chi connectivity index (χ0n) is 12.6. The number of hydrogen-bond acceptors (Lipinski definition) is 4. The Kier molecular flexibility index (Phi) is 5.74. The van der Waals surface area contributed by atoms with Gasteiger partial charge >= 0.3 is 8.56 Å². The number of benzene rings is 1. The van der Waals surface area contributed by atoms with Gasteiger partial charge in [0, 0.05) is 20.8 Å². The summed E-state index contributed by atoms with van der Waals surface area (Å²) in [6.07, 6.45) is 1.27. The Balaban J connectivity index is 1.92. The highest BCUT2D eigenvalue weighted by Gasteiger charge is 2.38. The third-order valence-electron chi connectivity index (χ3n) is 3.72. The van der Waals surface area contributed by atoms with Gasteiger partial charge in [0.25, 0.3) is 0 Å². The van der Waals surface area contributed by atoms with Crippen LogP contribution in [0.15, 0.2) is 24.3 Å². The predicted octanol–water partition coefficient (Wildman–Crippen LogP) is 1.74. The van der Waals surface area contributed by atoms with Crippen LogP contribution in [0.4, 0.5) is 0 Å². The van der Waals surface area contributed by atoms with Crippen LogP contribution < -0.4 is 5.19 Å². The summed E-state index contributed by atoms with van der Waals surface area (Å²) >= 11 is 0. The predicted molar refractivity (Wildman–Crippen MR) is 80.6 cm³/mol. The van der Waals surface area contributed by atoms with E-state index in [1.807, 2.05) is 12.1 Å². The van der Waals surface area contributed by atoms with E-state index in [1.165, 1.54) is 10.8 Å². The van der Waals surface area contributed by atoms with E-state index in [2.05, 4.69) is 19.1 Å². The maximum atomic E-state index is 5.83. The number of epoxide rings is 1. The Morgan fingerprint density at radius 2 is 1.95 bits per heavy atom. The van der Waals surface area contributed by atoms with Crippen LogP contribution in [0, 0.1) is 6.92 Å². The molecule has 1 aliphatic rings. The quantitative estimate of drug-likeness (QED) is 0.395. The van der Waals surface area contributed by atoms with Crippen molar-refractivity contribution in [1.82, 2.24) is 0 Å². The monoisotopic (exact) mass is 296 g/mol. The molecule has 1 fully saturated rings. The van der Waals surface area contributed by atoms with Gasteiger partial charge in [0.05, 0.1) is 13.2 Å². The molecule has 1 aromatic carbocycles. The summed E-state index contributed by atoms with van der Waals surface area (Å²) in [5, 5.41) is 1.22. The van der Waals surface area contributed by atoms with Gasteiger partial charge in [0.1, 0.15) is 6.10 Å². The zero-order valence-corrected chi connectivity index (χ0v) is 13.6. The molecule has 2 rings (SSSR count). The van der Waals surface area contributed by atoms with E-state index in [4.69, 9.17) is 18.3 Å². The molecule has 4 nitrogen and oxygen atoms in total. The van der Waals surface area contributed by atoms with Crippen molar-refractivity contribution in [2.45, 2.75) is 25.5 Å². The summed E-state index contributed by atoms with van der Waals surface area (Å²) in [5.74, 6) is 0. The van der Waals surface area contributed by atoms with E-state index in [0.717, 1.165) is 25.7 Å². The van der Waals surface area contributed by atoms with Crippen LogP contribution in [0.3, 0.4) is 0 Å². The SMILES string of the molecule is CO[Si](CCCOCC1CO1)(OC)c1ccccc1C. The van der Waals surface area contributed by atoms with Gasteiger partial charge in [-0.05, 0) is 30.1 Å². The van der Waals surface area contributed by atoms with Crippen LogP contribution >= 0.6 is 0 Å². The van der Waals surface area contributed by atoms with Crippen LogP contribution in [-0.4, -0.2) is 48.7 Å². The van der Waals surface area contributed by atoms with Crippen molar-refractivity contribution in [2.75, 3.05) is 34.0 Å². The highest BCUT2D eigenvalue weighted by Crippen LogP contribution is 2.17. The second kappa shape index (κ2) is 7.33. The molecule has 1 atom stereocenters. The van der Waals surface area contributed by atoms with Gasteiger partial charge in [-0.15, -0.1) is 0 Å². The lowest BCUT2D eigenvalue weighted by molar-refractivity contribution is 0.115. The fraction of sp³-hybridized carbons (Fsp3) is 0.600. The first-order chi connectivity index (χ1) is 9.72. The Labute approximate surface area is 122 Å².